The predicted molar refractivity (Wildman–Crippen MR) is 98.6 cm³/mol. The lowest BCUT2D eigenvalue weighted by Gasteiger charge is -2.35. The summed E-state index contributed by atoms with van der Waals surface area (Å²) in [5.41, 5.74) is 1.77. The number of rotatable bonds is 3. The van der Waals surface area contributed by atoms with E-state index in [4.69, 9.17) is 16.1 Å². The number of amides is 2. The second kappa shape index (κ2) is 7.50. The van der Waals surface area contributed by atoms with Crippen LogP contribution in [0.15, 0.2) is 28.8 Å². The first-order chi connectivity index (χ1) is 12.4. The zero-order valence-electron chi connectivity index (χ0n) is 15.2. The number of halogens is 1. The van der Waals surface area contributed by atoms with Gasteiger partial charge in [0, 0.05) is 42.7 Å². The van der Waals surface area contributed by atoms with Crippen molar-refractivity contribution in [2.75, 3.05) is 26.2 Å². The molecule has 0 bridgehead atoms. The van der Waals surface area contributed by atoms with Crippen LogP contribution < -0.4 is 0 Å². The van der Waals surface area contributed by atoms with Crippen molar-refractivity contribution in [3.63, 3.8) is 0 Å². The molecule has 138 valence electrons. The fourth-order valence-electron chi connectivity index (χ4n) is 3.09. The molecule has 0 unspecified atom stereocenters. The fraction of sp³-hybridized carbons (Fsp3) is 0.421. The molecule has 26 heavy (non-hydrogen) atoms. The zero-order valence-corrected chi connectivity index (χ0v) is 15.9. The summed E-state index contributed by atoms with van der Waals surface area (Å²) in [7, 11) is 0. The maximum absolute atomic E-state index is 12.9. The lowest BCUT2D eigenvalue weighted by atomic mass is 10.0. The Hall–Kier alpha value is -2.34. The number of benzene rings is 1. The van der Waals surface area contributed by atoms with Gasteiger partial charge in [-0.1, -0.05) is 30.6 Å². The Kier molecular flexibility index (Phi) is 5.32. The topological polar surface area (TPSA) is 66.7 Å². The Morgan fingerprint density at radius 2 is 1.58 bits per heavy atom. The fourth-order valence-corrected chi connectivity index (χ4v) is 3.21. The van der Waals surface area contributed by atoms with E-state index in [0.29, 0.717) is 53.8 Å². The van der Waals surface area contributed by atoms with Crippen LogP contribution in [0.2, 0.25) is 5.02 Å². The van der Waals surface area contributed by atoms with E-state index in [1.165, 1.54) is 0 Å². The summed E-state index contributed by atoms with van der Waals surface area (Å²) in [5, 5.41) is 4.54. The van der Waals surface area contributed by atoms with E-state index in [2.05, 4.69) is 5.16 Å². The molecule has 1 fully saturated rings. The van der Waals surface area contributed by atoms with E-state index in [-0.39, 0.29) is 17.7 Å². The highest BCUT2D eigenvalue weighted by Crippen LogP contribution is 2.24. The predicted octanol–water partition coefficient (Wildman–Crippen LogP) is 3.36. The molecule has 2 amide bonds. The molecule has 1 aliphatic heterocycles. The van der Waals surface area contributed by atoms with Crippen molar-refractivity contribution in [2.45, 2.75) is 26.7 Å². The number of carbonyl (C=O) groups is 2. The van der Waals surface area contributed by atoms with Gasteiger partial charge in [-0.05, 0) is 31.2 Å². The smallest absolute Gasteiger partial charge is 0.259 e. The molecule has 1 aromatic heterocycles. The van der Waals surface area contributed by atoms with Crippen molar-refractivity contribution in [3.8, 4) is 0 Å². The number of carbonyl (C=O) groups excluding carboxylic acids is 2. The van der Waals surface area contributed by atoms with Crippen LogP contribution in [0.3, 0.4) is 0 Å². The molecule has 0 radical (unpaired) electrons. The Morgan fingerprint density at radius 3 is 2.12 bits per heavy atom. The average Bonchev–Trinajstić information content (AvgIpc) is 3.03. The first-order valence-electron chi connectivity index (χ1n) is 8.68. The quantitative estimate of drug-likeness (QED) is 0.825. The zero-order chi connectivity index (χ0) is 18.8. The molecule has 6 nitrogen and oxygen atoms in total. The van der Waals surface area contributed by atoms with Crippen LogP contribution in [0.4, 0.5) is 0 Å². The highest BCUT2D eigenvalue weighted by molar-refractivity contribution is 6.30. The molecule has 1 saturated heterocycles. The third kappa shape index (κ3) is 3.60. The van der Waals surface area contributed by atoms with Gasteiger partial charge in [0.05, 0.1) is 5.69 Å². The van der Waals surface area contributed by atoms with Crippen LogP contribution in [0.25, 0.3) is 0 Å². The van der Waals surface area contributed by atoms with Crippen LogP contribution in [0.5, 0.6) is 0 Å². The minimum Gasteiger partial charge on any atom is -0.360 e. The average molecular weight is 376 g/mol. The van der Waals surface area contributed by atoms with Gasteiger partial charge in [-0.15, -0.1) is 0 Å². The van der Waals surface area contributed by atoms with Gasteiger partial charge >= 0.3 is 0 Å². The summed E-state index contributed by atoms with van der Waals surface area (Å²) in [6.07, 6.45) is 0. The standard InChI is InChI=1S/C19H22ClN3O3/c1-12(2)17-16(13(3)21-26-17)19(25)23-10-8-22(9-11-23)18(24)14-4-6-15(20)7-5-14/h4-7,12H,8-11H2,1-3H3. The SMILES string of the molecule is Cc1noc(C(C)C)c1C(=O)N1CCN(C(=O)c2ccc(Cl)cc2)CC1. The van der Waals surface area contributed by atoms with E-state index >= 15 is 0 Å². The first kappa shape index (κ1) is 18.5. The number of piperazine rings is 1. The molecule has 2 aromatic rings. The van der Waals surface area contributed by atoms with Crippen molar-refractivity contribution in [1.29, 1.82) is 0 Å². The third-order valence-corrected chi connectivity index (χ3v) is 4.82. The highest BCUT2D eigenvalue weighted by Gasteiger charge is 2.30. The van der Waals surface area contributed by atoms with Gasteiger partial charge < -0.3 is 14.3 Å². The van der Waals surface area contributed by atoms with Gasteiger partial charge in [-0.25, -0.2) is 0 Å². The first-order valence-corrected chi connectivity index (χ1v) is 9.06. The van der Waals surface area contributed by atoms with E-state index in [1.807, 2.05) is 13.8 Å². The monoisotopic (exact) mass is 375 g/mol. The summed E-state index contributed by atoms with van der Waals surface area (Å²) < 4.78 is 5.32. The van der Waals surface area contributed by atoms with Crippen molar-refractivity contribution < 1.29 is 14.1 Å². The third-order valence-electron chi connectivity index (χ3n) is 4.57. The molecule has 0 aliphatic carbocycles. The number of nitrogens with zero attached hydrogens (tertiary/aromatic N) is 3. The lowest BCUT2D eigenvalue weighted by molar-refractivity contribution is 0.0533. The number of hydrogen-bond donors (Lipinski definition) is 0. The van der Waals surface area contributed by atoms with E-state index < -0.39 is 0 Å². The van der Waals surface area contributed by atoms with Crippen LogP contribution >= 0.6 is 11.6 Å². The molecule has 7 heteroatoms. The van der Waals surface area contributed by atoms with Crippen molar-refractivity contribution in [1.82, 2.24) is 15.0 Å². The Bertz CT molecular complexity index is 806. The molecule has 0 spiro atoms. The van der Waals surface area contributed by atoms with Gasteiger partial charge in [0.1, 0.15) is 5.56 Å². The molecule has 2 heterocycles. The van der Waals surface area contributed by atoms with Gasteiger partial charge in [-0.3, -0.25) is 9.59 Å². The van der Waals surface area contributed by atoms with Crippen molar-refractivity contribution in [2.24, 2.45) is 0 Å². The molecular weight excluding hydrogens is 354 g/mol. The van der Waals surface area contributed by atoms with E-state index in [9.17, 15) is 9.59 Å². The number of aromatic nitrogens is 1. The Morgan fingerprint density at radius 1 is 1.04 bits per heavy atom. The summed E-state index contributed by atoms with van der Waals surface area (Å²) in [6, 6.07) is 6.85. The van der Waals surface area contributed by atoms with Gasteiger partial charge in [-0.2, -0.15) is 0 Å². The molecular formula is C19H22ClN3O3. The van der Waals surface area contributed by atoms with E-state index in [1.54, 1.807) is 41.0 Å². The minimum atomic E-state index is -0.0777. The maximum atomic E-state index is 12.9. The van der Waals surface area contributed by atoms with Gasteiger partial charge in [0.2, 0.25) is 0 Å². The number of hydrogen-bond acceptors (Lipinski definition) is 4. The lowest BCUT2D eigenvalue weighted by Crippen LogP contribution is -2.50. The molecule has 1 aliphatic rings. The molecule has 0 atom stereocenters. The minimum absolute atomic E-state index is 0.0437. The van der Waals surface area contributed by atoms with Gasteiger partial charge in [0.25, 0.3) is 11.8 Å². The van der Waals surface area contributed by atoms with Crippen LogP contribution in [0, 0.1) is 6.92 Å². The number of aryl methyl sites for hydroxylation is 1. The van der Waals surface area contributed by atoms with E-state index in [0.717, 1.165) is 0 Å². The highest BCUT2D eigenvalue weighted by atomic mass is 35.5. The normalized spacial score (nSPS) is 14.8. The van der Waals surface area contributed by atoms with Crippen molar-refractivity contribution in [3.05, 3.63) is 51.9 Å². The largest absolute Gasteiger partial charge is 0.360 e. The Labute approximate surface area is 157 Å². The van der Waals surface area contributed by atoms with Crippen LogP contribution in [0.1, 0.15) is 51.9 Å². The van der Waals surface area contributed by atoms with Gasteiger partial charge in [0.15, 0.2) is 5.76 Å². The summed E-state index contributed by atoms with van der Waals surface area (Å²) in [6.45, 7) is 7.69. The second-order valence-corrected chi connectivity index (χ2v) is 7.19. The van der Waals surface area contributed by atoms with Crippen molar-refractivity contribution >= 4 is 23.4 Å². The van der Waals surface area contributed by atoms with Crippen LogP contribution in [-0.2, 0) is 0 Å². The summed E-state index contributed by atoms with van der Waals surface area (Å²) >= 11 is 5.87. The second-order valence-electron chi connectivity index (χ2n) is 6.75. The summed E-state index contributed by atoms with van der Waals surface area (Å²) in [5.74, 6) is 0.582. The molecule has 1 aromatic carbocycles. The molecule has 0 saturated carbocycles. The summed E-state index contributed by atoms with van der Waals surface area (Å²) in [4.78, 5) is 29.0. The molecule has 3 rings (SSSR count). The molecule has 0 N–H and O–H groups in total. The van der Waals surface area contributed by atoms with Crippen LogP contribution in [-0.4, -0.2) is 52.9 Å². The Balaban J connectivity index is 1.67. The maximum Gasteiger partial charge on any atom is 0.259 e.